The number of phenolic OH excluding ortho intramolecular Hbond substituents is 2. The predicted molar refractivity (Wildman–Crippen MR) is 88.1 cm³/mol. The lowest BCUT2D eigenvalue weighted by molar-refractivity contribution is 0.0731. The summed E-state index contributed by atoms with van der Waals surface area (Å²) in [6.45, 7) is 1.96. The molecule has 0 aliphatic carbocycles. The number of fused-ring (bicyclic) bond motifs is 1. The highest BCUT2D eigenvalue weighted by Crippen LogP contribution is 2.38. The van der Waals surface area contributed by atoms with Crippen molar-refractivity contribution in [2.45, 2.75) is 13.3 Å². The molecule has 0 bridgehead atoms. The van der Waals surface area contributed by atoms with Crippen molar-refractivity contribution >= 4 is 16.7 Å². The molecule has 0 fully saturated rings. The number of aromatic hydroxyl groups is 2. The zero-order chi connectivity index (χ0) is 16.4. The van der Waals surface area contributed by atoms with E-state index in [1.54, 1.807) is 36.4 Å². The average Bonchev–Trinajstić information content (AvgIpc) is 2.58. The monoisotopic (exact) mass is 308 g/mol. The third kappa shape index (κ3) is 2.71. The molecule has 3 aromatic carbocycles. The fraction of sp³-hybridized carbons (Fsp3) is 0.105. The summed E-state index contributed by atoms with van der Waals surface area (Å²) >= 11 is 0. The summed E-state index contributed by atoms with van der Waals surface area (Å²) in [5, 5.41) is 21.7. The highest BCUT2D eigenvalue weighted by Gasteiger charge is 2.20. The number of aryl methyl sites for hydroxylation is 1. The molecular weight excluding hydrogens is 292 g/mol. The Bertz CT molecular complexity index is 869. The molecule has 0 saturated carbocycles. The summed E-state index contributed by atoms with van der Waals surface area (Å²) in [5.41, 5.74) is 0.838. The van der Waals surface area contributed by atoms with Crippen LogP contribution in [0.5, 0.6) is 17.2 Å². The van der Waals surface area contributed by atoms with Crippen molar-refractivity contribution in [2.24, 2.45) is 0 Å². The molecule has 0 saturated heterocycles. The molecule has 4 heteroatoms. The Labute approximate surface area is 133 Å². The fourth-order valence-corrected chi connectivity index (χ4v) is 2.62. The number of esters is 1. The van der Waals surface area contributed by atoms with Gasteiger partial charge in [-0.3, -0.25) is 0 Å². The molecule has 0 radical (unpaired) electrons. The van der Waals surface area contributed by atoms with Gasteiger partial charge in [0.25, 0.3) is 0 Å². The van der Waals surface area contributed by atoms with Crippen LogP contribution in [0.1, 0.15) is 22.8 Å². The van der Waals surface area contributed by atoms with Gasteiger partial charge in [-0.1, -0.05) is 43.3 Å². The van der Waals surface area contributed by atoms with Gasteiger partial charge in [0.1, 0.15) is 22.8 Å². The van der Waals surface area contributed by atoms with Crippen LogP contribution in [0.3, 0.4) is 0 Å². The second-order valence-electron chi connectivity index (χ2n) is 5.19. The minimum atomic E-state index is -0.715. The summed E-state index contributed by atoms with van der Waals surface area (Å²) in [6.07, 6.45) is 0.706. The number of rotatable bonds is 3. The van der Waals surface area contributed by atoms with E-state index >= 15 is 0 Å². The molecule has 3 rings (SSSR count). The summed E-state index contributed by atoms with van der Waals surface area (Å²) in [5.74, 6) is -0.573. The molecule has 2 N–H and O–H groups in total. The molecule has 4 nitrogen and oxygen atoms in total. The number of benzene rings is 3. The number of phenols is 2. The van der Waals surface area contributed by atoms with E-state index in [2.05, 4.69) is 0 Å². The first-order valence-electron chi connectivity index (χ1n) is 7.35. The van der Waals surface area contributed by atoms with Crippen LogP contribution in [0.15, 0.2) is 54.6 Å². The van der Waals surface area contributed by atoms with E-state index in [9.17, 15) is 15.0 Å². The van der Waals surface area contributed by atoms with Gasteiger partial charge >= 0.3 is 5.97 Å². The summed E-state index contributed by atoms with van der Waals surface area (Å²) in [4.78, 5) is 12.3. The second kappa shape index (κ2) is 6.01. The molecule has 0 aliphatic rings. The van der Waals surface area contributed by atoms with E-state index in [1.165, 1.54) is 6.07 Å². The standard InChI is InChI=1S/C19H16O4/c1-2-12-7-6-10-14-17(12)16(20)11-15(18(14)21)19(22)23-13-8-4-3-5-9-13/h3-11,20-21H,2H2,1H3. The predicted octanol–water partition coefficient (Wildman–Crippen LogP) is 4.03. The Hall–Kier alpha value is -3.01. The second-order valence-corrected chi connectivity index (χ2v) is 5.19. The smallest absolute Gasteiger partial charge is 0.347 e. The van der Waals surface area contributed by atoms with Crippen LogP contribution in [-0.4, -0.2) is 16.2 Å². The van der Waals surface area contributed by atoms with Crippen molar-refractivity contribution < 1.29 is 19.7 Å². The van der Waals surface area contributed by atoms with Gasteiger partial charge in [0.05, 0.1) is 0 Å². The fourth-order valence-electron chi connectivity index (χ4n) is 2.62. The van der Waals surface area contributed by atoms with Crippen molar-refractivity contribution in [1.29, 1.82) is 0 Å². The number of carbonyl (C=O) groups excluding carboxylic acids is 1. The summed E-state index contributed by atoms with van der Waals surface area (Å²) in [7, 11) is 0. The van der Waals surface area contributed by atoms with Gasteiger partial charge in [-0.25, -0.2) is 4.79 Å². The molecule has 3 aromatic rings. The third-order valence-corrected chi connectivity index (χ3v) is 3.75. The van der Waals surface area contributed by atoms with Crippen molar-refractivity contribution in [1.82, 2.24) is 0 Å². The van der Waals surface area contributed by atoms with Gasteiger partial charge in [0, 0.05) is 10.8 Å². The van der Waals surface area contributed by atoms with Gasteiger partial charge in [-0.2, -0.15) is 0 Å². The van der Waals surface area contributed by atoms with Crippen molar-refractivity contribution in [3.63, 3.8) is 0 Å². The molecule has 0 unspecified atom stereocenters. The van der Waals surface area contributed by atoms with Crippen molar-refractivity contribution in [3.8, 4) is 17.2 Å². The van der Waals surface area contributed by atoms with E-state index in [4.69, 9.17) is 4.74 Å². The third-order valence-electron chi connectivity index (χ3n) is 3.75. The zero-order valence-corrected chi connectivity index (χ0v) is 12.6. The number of carbonyl (C=O) groups is 1. The first kappa shape index (κ1) is 14.9. The molecule has 23 heavy (non-hydrogen) atoms. The number of ether oxygens (including phenoxy) is 1. The van der Waals surface area contributed by atoms with Gasteiger partial charge < -0.3 is 14.9 Å². The lowest BCUT2D eigenvalue weighted by atomic mass is 9.98. The highest BCUT2D eigenvalue weighted by molar-refractivity contribution is 6.05. The quantitative estimate of drug-likeness (QED) is 0.435. The van der Waals surface area contributed by atoms with Gasteiger partial charge in [0.15, 0.2) is 0 Å². The Morgan fingerprint density at radius 1 is 1.04 bits per heavy atom. The molecule has 0 aromatic heterocycles. The minimum Gasteiger partial charge on any atom is -0.507 e. The van der Waals surface area contributed by atoms with Gasteiger partial charge in [-0.15, -0.1) is 0 Å². The number of hydrogen-bond donors (Lipinski definition) is 2. The summed E-state index contributed by atoms with van der Waals surface area (Å²) in [6, 6.07) is 15.2. The molecule has 0 heterocycles. The van der Waals surface area contributed by atoms with Crippen molar-refractivity contribution in [2.75, 3.05) is 0 Å². The molecular formula is C19H16O4. The Morgan fingerprint density at radius 3 is 2.48 bits per heavy atom. The van der Waals surface area contributed by atoms with E-state index in [1.807, 2.05) is 19.1 Å². The summed E-state index contributed by atoms with van der Waals surface area (Å²) < 4.78 is 5.23. The van der Waals surface area contributed by atoms with Crippen LogP contribution in [0.4, 0.5) is 0 Å². The van der Waals surface area contributed by atoms with Crippen LogP contribution < -0.4 is 4.74 Å². The number of hydrogen-bond acceptors (Lipinski definition) is 4. The minimum absolute atomic E-state index is 0.0461. The lowest BCUT2D eigenvalue weighted by Crippen LogP contribution is -2.09. The topological polar surface area (TPSA) is 66.8 Å². The Balaban J connectivity index is 2.09. The molecule has 116 valence electrons. The van der Waals surface area contributed by atoms with Crippen LogP contribution >= 0.6 is 0 Å². The zero-order valence-electron chi connectivity index (χ0n) is 12.6. The highest BCUT2D eigenvalue weighted by atomic mass is 16.5. The Kier molecular flexibility index (Phi) is 3.89. The normalized spacial score (nSPS) is 10.7. The molecule has 0 atom stereocenters. The maximum atomic E-state index is 12.3. The van der Waals surface area contributed by atoms with Crippen molar-refractivity contribution in [3.05, 3.63) is 65.7 Å². The van der Waals surface area contributed by atoms with Gasteiger partial charge in [-0.05, 0) is 30.2 Å². The van der Waals surface area contributed by atoms with E-state index in [-0.39, 0.29) is 17.1 Å². The average molecular weight is 308 g/mol. The van der Waals surface area contributed by atoms with Crippen LogP contribution in [0, 0.1) is 0 Å². The van der Waals surface area contributed by atoms with E-state index < -0.39 is 5.97 Å². The largest absolute Gasteiger partial charge is 0.507 e. The van der Waals surface area contributed by atoms with E-state index in [0.717, 1.165) is 5.56 Å². The lowest BCUT2D eigenvalue weighted by Gasteiger charge is -2.12. The Morgan fingerprint density at radius 2 is 1.78 bits per heavy atom. The van der Waals surface area contributed by atoms with Crippen LogP contribution in [-0.2, 0) is 6.42 Å². The maximum Gasteiger partial charge on any atom is 0.347 e. The first-order chi connectivity index (χ1) is 11.1. The van der Waals surface area contributed by atoms with Crippen LogP contribution in [0.25, 0.3) is 10.8 Å². The van der Waals surface area contributed by atoms with Crippen LogP contribution in [0.2, 0.25) is 0 Å². The molecule has 0 aliphatic heterocycles. The molecule has 0 amide bonds. The molecule has 0 spiro atoms. The number of para-hydroxylation sites is 1. The van der Waals surface area contributed by atoms with Gasteiger partial charge in [0.2, 0.25) is 0 Å². The first-order valence-corrected chi connectivity index (χ1v) is 7.35. The maximum absolute atomic E-state index is 12.3. The SMILES string of the molecule is CCc1cccc2c(O)c(C(=O)Oc3ccccc3)cc(O)c12. The van der Waals surface area contributed by atoms with E-state index in [0.29, 0.717) is 22.9 Å².